The highest BCUT2D eigenvalue weighted by Crippen LogP contribution is 2.29. The molecule has 1 unspecified atom stereocenters. The van der Waals surface area contributed by atoms with Gasteiger partial charge in [-0.3, -0.25) is 4.79 Å². The average molecular weight is 348 g/mol. The number of esters is 1. The monoisotopic (exact) mass is 348 g/mol. The maximum atomic E-state index is 11.9. The van der Waals surface area contributed by atoms with Crippen molar-refractivity contribution in [1.29, 1.82) is 0 Å². The average Bonchev–Trinajstić information content (AvgIpc) is 2.58. The van der Waals surface area contributed by atoms with Gasteiger partial charge >= 0.3 is 5.97 Å². The van der Waals surface area contributed by atoms with E-state index in [1.807, 2.05) is 27.0 Å². The van der Waals surface area contributed by atoms with E-state index in [0.717, 1.165) is 43.9 Å². The molecule has 0 aliphatic carbocycles. The van der Waals surface area contributed by atoms with Gasteiger partial charge in [-0.25, -0.2) is 4.98 Å². The number of carbonyl (C=O) groups is 1. The topological polar surface area (TPSA) is 51.7 Å². The number of hydrogen-bond donors (Lipinski definition) is 0. The highest BCUT2D eigenvalue weighted by atomic mass is 16.6. The smallest absolute Gasteiger partial charge is 0.307 e. The predicted octanol–water partition coefficient (Wildman–Crippen LogP) is 3.56. The summed E-state index contributed by atoms with van der Waals surface area (Å²) in [5.74, 6) is 1.08. The van der Waals surface area contributed by atoms with Crippen LogP contribution in [0.25, 0.3) is 0 Å². The van der Waals surface area contributed by atoms with E-state index in [2.05, 4.69) is 22.9 Å². The minimum atomic E-state index is -0.410. The second-order valence-electron chi connectivity index (χ2n) is 7.77. The van der Waals surface area contributed by atoms with Crippen LogP contribution >= 0.6 is 0 Å². The van der Waals surface area contributed by atoms with Gasteiger partial charge < -0.3 is 14.4 Å². The Bertz CT molecular complexity index is 581. The maximum Gasteiger partial charge on any atom is 0.307 e. The van der Waals surface area contributed by atoms with Crippen molar-refractivity contribution >= 4 is 5.97 Å². The molecule has 1 saturated heterocycles. The molecule has 1 aromatic rings. The molecule has 0 aromatic carbocycles. The molecule has 2 heterocycles. The summed E-state index contributed by atoms with van der Waals surface area (Å²) in [5, 5.41) is 0. The van der Waals surface area contributed by atoms with Gasteiger partial charge in [0.05, 0.1) is 13.5 Å². The van der Waals surface area contributed by atoms with Crippen molar-refractivity contribution in [3.63, 3.8) is 0 Å². The first-order valence-corrected chi connectivity index (χ1v) is 9.29. The van der Waals surface area contributed by atoms with Crippen LogP contribution in [0.5, 0.6) is 5.88 Å². The Balaban J connectivity index is 1.93. The van der Waals surface area contributed by atoms with Crippen LogP contribution in [0.2, 0.25) is 0 Å². The van der Waals surface area contributed by atoms with Gasteiger partial charge in [-0.05, 0) is 64.1 Å². The summed E-state index contributed by atoms with van der Waals surface area (Å²) >= 11 is 0. The lowest BCUT2D eigenvalue weighted by Gasteiger charge is -2.33. The standard InChI is InChI=1S/C20H32N2O3/c1-6-15-12-17(13-21-19(15)24-5)16-8-7-10-22(14-16)11-9-18(23)25-20(2,3)4/h12-13,16H,6-11,14H2,1-5H3. The first kappa shape index (κ1) is 19.7. The van der Waals surface area contributed by atoms with Crippen molar-refractivity contribution in [1.82, 2.24) is 9.88 Å². The lowest BCUT2D eigenvalue weighted by Crippen LogP contribution is -2.36. The molecule has 0 N–H and O–H groups in total. The summed E-state index contributed by atoms with van der Waals surface area (Å²) < 4.78 is 10.7. The van der Waals surface area contributed by atoms with E-state index in [1.165, 1.54) is 12.0 Å². The minimum Gasteiger partial charge on any atom is -0.481 e. The zero-order valence-corrected chi connectivity index (χ0v) is 16.3. The van der Waals surface area contributed by atoms with Crippen molar-refractivity contribution in [3.8, 4) is 5.88 Å². The molecule has 1 aliphatic rings. The summed E-state index contributed by atoms with van der Waals surface area (Å²) in [7, 11) is 1.67. The van der Waals surface area contributed by atoms with E-state index in [4.69, 9.17) is 9.47 Å². The van der Waals surface area contributed by atoms with E-state index in [9.17, 15) is 4.79 Å². The molecule has 0 saturated carbocycles. The number of hydrogen-bond acceptors (Lipinski definition) is 5. The van der Waals surface area contributed by atoms with E-state index in [1.54, 1.807) is 7.11 Å². The Kier molecular flexibility index (Phi) is 6.82. The van der Waals surface area contributed by atoms with Gasteiger partial charge in [0.25, 0.3) is 0 Å². The first-order valence-electron chi connectivity index (χ1n) is 9.29. The fraction of sp³-hybridized carbons (Fsp3) is 0.700. The molecule has 1 atom stereocenters. The van der Waals surface area contributed by atoms with Crippen molar-refractivity contribution in [2.45, 2.75) is 64.9 Å². The number of aryl methyl sites for hydroxylation is 1. The molecule has 1 aromatic heterocycles. The fourth-order valence-corrected chi connectivity index (χ4v) is 3.35. The molecular formula is C20H32N2O3. The number of carbonyl (C=O) groups excluding carboxylic acids is 1. The van der Waals surface area contributed by atoms with Crippen molar-refractivity contribution in [2.75, 3.05) is 26.7 Å². The third-order valence-corrected chi connectivity index (χ3v) is 4.55. The molecule has 140 valence electrons. The highest BCUT2D eigenvalue weighted by Gasteiger charge is 2.24. The Morgan fingerprint density at radius 3 is 2.80 bits per heavy atom. The number of nitrogens with zero attached hydrogens (tertiary/aromatic N) is 2. The Morgan fingerprint density at radius 2 is 2.16 bits per heavy atom. The van der Waals surface area contributed by atoms with Crippen LogP contribution in [0.4, 0.5) is 0 Å². The third-order valence-electron chi connectivity index (χ3n) is 4.55. The van der Waals surface area contributed by atoms with Crippen LogP contribution < -0.4 is 4.74 Å². The molecule has 0 spiro atoms. The van der Waals surface area contributed by atoms with Gasteiger partial charge in [0, 0.05) is 24.8 Å². The molecule has 25 heavy (non-hydrogen) atoms. The lowest BCUT2D eigenvalue weighted by atomic mass is 9.90. The summed E-state index contributed by atoms with van der Waals surface area (Å²) in [6, 6.07) is 2.23. The minimum absolute atomic E-state index is 0.117. The molecule has 0 amide bonds. The summed E-state index contributed by atoms with van der Waals surface area (Å²) in [6.45, 7) is 10.6. The molecule has 0 bridgehead atoms. The quantitative estimate of drug-likeness (QED) is 0.736. The molecule has 5 heteroatoms. The van der Waals surface area contributed by atoms with Gasteiger partial charge in [-0.1, -0.05) is 6.92 Å². The molecule has 2 rings (SSSR count). The molecule has 5 nitrogen and oxygen atoms in total. The van der Waals surface area contributed by atoms with Gasteiger partial charge in [0.2, 0.25) is 5.88 Å². The second-order valence-corrected chi connectivity index (χ2v) is 7.77. The van der Waals surface area contributed by atoms with E-state index in [0.29, 0.717) is 12.3 Å². The number of aromatic nitrogens is 1. The first-order chi connectivity index (χ1) is 11.8. The van der Waals surface area contributed by atoms with Crippen molar-refractivity contribution < 1.29 is 14.3 Å². The van der Waals surface area contributed by atoms with Crippen LogP contribution in [-0.2, 0) is 16.0 Å². The maximum absolute atomic E-state index is 11.9. The van der Waals surface area contributed by atoms with E-state index in [-0.39, 0.29) is 5.97 Å². The summed E-state index contributed by atoms with van der Waals surface area (Å²) in [6.07, 6.45) is 5.62. The van der Waals surface area contributed by atoms with Gasteiger partial charge in [0.1, 0.15) is 5.60 Å². The zero-order chi connectivity index (χ0) is 18.4. The van der Waals surface area contributed by atoms with Gasteiger partial charge in [-0.15, -0.1) is 0 Å². The van der Waals surface area contributed by atoms with Crippen LogP contribution in [0.1, 0.15) is 64.0 Å². The normalized spacial score (nSPS) is 18.8. The molecule has 1 fully saturated rings. The van der Waals surface area contributed by atoms with Crippen LogP contribution in [0.15, 0.2) is 12.3 Å². The summed E-state index contributed by atoms with van der Waals surface area (Å²) in [5.41, 5.74) is 2.03. The van der Waals surface area contributed by atoms with Crippen molar-refractivity contribution in [2.24, 2.45) is 0 Å². The van der Waals surface area contributed by atoms with Gasteiger partial charge in [0.15, 0.2) is 0 Å². The predicted molar refractivity (Wildman–Crippen MR) is 99.0 cm³/mol. The third kappa shape index (κ3) is 5.99. The molecule has 1 aliphatic heterocycles. The van der Waals surface area contributed by atoms with E-state index >= 15 is 0 Å². The van der Waals surface area contributed by atoms with Crippen LogP contribution in [0, 0.1) is 0 Å². The largest absolute Gasteiger partial charge is 0.481 e. The van der Waals surface area contributed by atoms with Crippen molar-refractivity contribution in [3.05, 3.63) is 23.4 Å². The summed E-state index contributed by atoms with van der Waals surface area (Å²) in [4.78, 5) is 18.8. The number of likely N-dealkylation sites (tertiary alicyclic amines) is 1. The number of pyridine rings is 1. The Hall–Kier alpha value is -1.62. The van der Waals surface area contributed by atoms with Crippen LogP contribution in [0.3, 0.4) is 0 Å². The molecular weight excluding hydrogens is 316 g/mol. The zero-order valence-electron chi connectivity index (χ0n) is 16.3. The van der Waals surface area contributed by atoms with E-state index < -0.39 is 5.60 Å². The highest BCUT2D eigenvalue weighted by molar-refractivity contribution is 5.70. The van der Waals surface area contributed by atoms with Gasteiger partial charge in [-0.2, -0.15) is 0 Å². The number of rotatable bonds is 6. The number of methoxy groups -OCH3 is 1. The fourth-order valence-electron chi connectivity index (χ4n) is 3.35. The van der Waals surface area contributed by atoms with Crippen LogP contribution in [-0.4, -0.2) is 48.2 Å². The lowest BCUT2D eigenvalue weighted by molar-refractivity contribution is -0.155. The Morgan fingerprint density at radius 1 is 1.40 bits per heavy atom. The second kappa shape index (κ2) is 8.65. The number of ether oxygens (including phenoxy) is 2. The Labute approximate surface area is 151 Å². The SMILES string of the molecule is CCc1cc(C2CCCN(CCC(=O)OC(C)(C)C)C2)cnc1OC. The molecule has 0 radical (unpaired) electrons. The number of piperidine rings is 1.